The van der Waals surface area contributed by atoms with Crippen molar-refractivity contribution in [3.05, 3.63) is 24.0 Å². The number of nitrogen functional groups attached to an aromatic ring is 1. The highest BCUT2D eigenvalue weighted by atomic mass is 32.2. The fraction of sp³-hybridized carbons (Fsp3) is 0.417. The highest BCUT2D eigenvalue weighted by molar-refractivity contribution is 7.89. The zero-order valence-electron chi connectivity index (χ0n) is 11.4. The first kappa shape index (κ1) is 16.4. The number of hydrogen-bond acceptors (Lipinski definition) is 5. The Labute approximate surface area is 117 Å². The van der Waals surface area contributed by atoms with Crippen LogP contribution >= 0.6 is 0 Å². The molecule has 8 heteroatoms. The van der Waals surface area contributed by atoms with Crippen LogP contribution in [-0.4, -0.2) is 27.5 Å². The lowest BCUT2D eigenvalue weighted by Gasteiger charge is -2.19. The molecular weight excluding hydrogens is 287 g/mol. The molecule has 20 heavy (non-hydrogen) atoms. The standard InChI is InChI=1S/C12H17FN2O4S/c1-7(2)11(12(16)19-3)15-20(17,18)8-4-5-10(14)9(13)6-8/h4-7,11,15H,14H2,1-3H3. The van der Waals surface area contributed by atoms with Crippen molar-refractivity contribution in [2.24, 2.45) is 5.92 Å². The van der Waals surface area contributed by atoms with E-state index in [0.717, 1.165) is 25.3 Å². The molecule has 0 heterocycles. The van der Waals surface area contributed by atoms with Crippen molar-refractivity contribution >= 4 is 21.7 Å². The molecule has 0 amide bonds. The Bertz CT molecular complexity index is 601. The zero-order valence-corrected chi connectivity index (χ0v) is 12.2. The van der Waals surface area contributed by atoms with Crippen LogP contribution in [0.15, 0.2) is 23.1 Å². The number of anilines is 1. The highest BCUT2D eigenvalue weighted by Gasteiger charge is 2.29. The van der Waals surface area contributed by atoms with Gasteiger partial charge in [0.25, 0.3) is 0 Å². The number of nitrogens with one attached hydrogen (secondary N) is 1. The Morgan fingerprint density at radius 2 is 2.00 bits per heavy atom. The Morgan fingerprint density at radius 3 is 2.45 bits per heavy atom. The summed E-state index contributed by atoms with van der Waals surface area (Å²) in [5.41, 5.74) is 5.13. The maximum Gasteiger partial charge on any atom is 0.324 e. The molecule has 0 radical (unpaired) electrons. The molecule has 0 aliphatic carbocycles. The van der Waals surface area contributed by atoms with Crippen LogP contribution in [0.1, 0.15) is 13.8 Å². The van der Waals surface area contributed by atoms with E-state index in [4.69, 9.17) is 5.73 Å². The number of esters is 1. The predicted octanol–water partition coefficient (Wildman–Crippen LogP) is 0.884. The third-order valence-electron chi connectivity index (χ3n) is 2.69. The monoisotopic (exact) mass is 304 g/mol. The molecule has 3 N–H and O–H groups in total. The van der Waals surface area contributed by atoms with Gasteiger partial charge >= 0.3 is 5.97 Å². The van der Waals surface area contributed by atoms with Gasteiger partial charge in [0.15, 0.2) is 0 Å². The van der Waals surface area contributed by atoms with E-state index >= 15 is 0 Å². The largest absolute Gasteiger partial charge is 0.468 e. The number of rotatable bonds is 5. The molecule has 6 nitrogen and oxygen atoms in total. The van der Waals surface area contributed by atoms with Crippen LogP contribution in [0.2, 0.25) is 0 Å². The molecule has 1 aromatic rings. The number of methoxy groups -OCH3 is 1. The summed E-state index contributed by atoms with van der Waals surface area (Å²) in [6.07, 6.45) is 0. The van der Waals surface area contributed by atoms with Gasteiger partial charge in [-0.1, -0.05) is 13.8 Å². The quantitative estimate of drug-likeness (QED) is 0.621. The van der Waals surface area contributed by atoms with Crippen LogP contribution in [0.5, 0.6) is 0 Å². The molecule has 0 aliphatic rings. The molecule has 0 spiro atoms. The molecule has 1 rings (SSSR count). The van der Waals surface area contributed by atoms with Crippen LogP contribution in [0.3, 0.4) is 0 Å². The van der Waals surface area contributed by atoms with E-state index in [0.29, 0.717) is 0 Å². The number of nitrogens with two attached hydrogens (primary N) is 1. The Morgan fingerprint density at radius 1 is 1.40 bits per heavy atom. The van der Waals surface area contributed by atoms with Crippen molar-refractivity contribution in [1.29, 1.82) is 0 Å². The summed E-state index contributed by atoms with van der Waals surface area (Å²) in [5, 5.41) is 0. The van der Waals surface area contributed by atoms with E-state index < -0.39 is 27.9 Å². The third-order valence-corrected chi connectivity index (χ3v) is 4.12. The lowest BCUT2D eigenvalue weighted by Crippen LogP contribution is -2.44. The first-order chi connectivity index (χ1) is 9.19. The lowest BCUT2D eigenvalue weighted by atomic mass is 10.1. The van der Waals surface area contributed by atoms with Crippen molar-refractivity contribution < 1.29 is 22.3 Å². The number of ether oxygens (including phenoxy) is 1. The summed E-state index contributed by atoms with van der Waals surface area (Å²) >= 11 is 0. The second kappa shape index (κ2) is 6.19. The molecule has 112 valence electrons. The van der Waals surface area contributed by atoms with E-state index in [1.807, 2.05) is 0 Å². The highest BCUT2D eigenvalue weighted by Crippen LogP contribution is 2.17. The van der Waals surface area contributed by atoms with E-state index in [1.165, 1.54) is 0 Å². The smallest absolute Gasteiger partial charge is 0.324 e. The van der Waals surface area contributed by atoms with Gasteiger partial charge in [0.05, 0.1) is 17.7 Å². The number of sulfonamides is 1. The summed E-state index contributed by atoms with van der Waals surface area (Å²) < 4.78 is 44.3. The van der Waals surface area contributed by atoms with Gasteiger partial charge in [0.1, 0.15) is 11.9 Å². The molecule has 0 aromatic heterocycles. The van der Waals surface area contributed by atoms with Crippen LogP contribution < -0.4 is 10.5 Å². The Kier molecular flexibility index (Phi) is 5.07. The van der Waals surface area contributed by atoms with Crippen LogP contribution in [0, 0.1) is 11.7 Å². The van der Waals surface area contributed by atoms with Crippen LogP contribution in [0.4, 0.5) is 10.1 Å². The summed E-state index contributed by atoms with van der Waals surface area (Å²) in [6, 6.07) is 2.05. The van der Waals surface area contributed by atoms with Crippen molar-refractivity contribution in [3.8, 4) is 0 Å². The number of halogens is 1. The SMILES string of the molecule is COC(=O)C(NS(=O)(=O)c1ccc(N)c(F)c1)C(C)C. The Balaban J connectivity index is 3.09. The minimum Gasteiger partial charge on any atom is -0.468 e. The summed E-state index contributed by atoms with van der Waals surface area (Å²) in [4.78, 5) is 11.2. The van der Waals surface area contributed by atoms with E-state index in [1.54, 1.807) is 13.8 Å². The van der Waals surface area contributed by atoms with Crippen LogP contribution in [-0.2, 0) is 19.6 Å². The molecule has 1 atom stereocenters. The maximum atomic E-state index is 13.3. The van der Waals surface area contributed by atoms with Crippen LogP contribution in [0.25, 0.3) is 0 Å². The number of benzene rings is 1. The van der Waals surface area contributed by atoms with Gasteiger partial charge in [-0.25, -0.2) is 12.8 Å². The lowest BCUT2D eigenvalue weighted by molar-refractivity contribution is -0.143. The predicted molar refractivity (Wildman–Crippen MR) is 71.8 cm³/mol. The normalized spacial score (nSPS) is 13.2. The van der Waals surface area contributed by atoms with Crippen molar-refractivity contribution in [1.82, 2.24) is 4.72 Å². The van der Waals surface area contributed by atoms with Crippen molar-refractivity contribution in [3.63, 3.8) is 0 Å². The summed E-state index contributed by atoms with van der Waals surface area (Å²) in [5.74, 6) is -1.87. The molecular formula is C12H17FN2O4S. The fourth-order valence-electron chi connectivity index (χ4n) is 1.49. The fourth-order valence-corrected chi connectivity index (χ4v) is 2.84. The molecule has 1 aromatic carbocycles. The maximum absolute atomic E-state index is 13.3. The number of hydrogen-bond donors (Lipinski definition) is 2. The van der Waals surface area contributed by atoms with E-state index in [9.17, 15) is 17.6 Å². The minimum absolute atomic E-state index is 0.155. The average Bonchev–Trinajstić information content (AvgIpc) is 2.38. The van der Waals surface area contributed by atoms with Gasteiger partial charge in [0, 0.05) is 0 Å². The van der Waals surface area contributed by atoms with Crippen molar-refractivity contribution in [2.75, 3.05) is 12.8 Å². The molecule has 0 bridgehead atoms. The Hall–Kier alpha value is -1.67. The summed E-state index contributed by atoms with van der Waals surface area (Å²) in [6.45, 7) is 3.32. The van der Waals surface area contributed by atoms with Crippen molar-refractivity contribution in [2.45, 2.75) is 24.8 Å². The number of carbonyl (C=O) groups excluding carboxylic acids is 1. The first-order valence-corrected chi connectivity index (χ1v) is 7.32. The first-order valence-electron chi connectivity index (χ1n) is 5.84. The number of carbonyl (C=O) groups is 1. The van der Waals surface area contributed by atoms with Gasteiger partial charge < -0.3 is 10.5 Å². The third kappa shape index (κ3) is 3.67. The molecule has 0 fully saturated rings. The van der Waals surface area contributed by atoms with Gasteiger partial charge in [-0.05, 0) is 24.1 Å². The second-order valence-electron chi connectivity index (χ2n) is 4.55. The zero-order chi connectivity index (χ0) is 15.5. The molecule has 0 aliphatic heterocycles. The molecule has 0 saturated heterocycles. The van der Waals surface area contributed by atoms with Gasteiger partial charge in [0.2, 0.25) is 10.0 Å². The van der Waals surface area contributed by atoms with E-state index in [2.05, 4.69) is 9.46 Å². The average molecular weight is 304 g/mol. The van der Waals surface area contributed by atoms with Gasteiger partial charge in [-0.2, -0.15) is 4.72 Å². The minimum atomic E-state index is -4.05. The second-order valence-corrected chi connectivity index (χ2v) is 6.26. The van der Waals surface area contributed by atoms with E-state index in [-0.39, 0.29) is 16.5 Å². The molecule has 1 unspecified atom stereocenters. The molecule has 0 saturated carbocycles. The summed E-state index contributed by atoms with van der Waals surface area (Å²) in [7, 11) is -2.88. The van der Waals surface area contributed by atoms with Gasteiger partial charge in [-0.15, -0.1) is 0 Å². The topological polar surface area (TPSA) is 98.5 Å². The van der Waals surface area contributed by atoms with Gasteiger partial charge in [-0.3, -0.25) is 4.79 Å².